The van der Waals surface area contributed by atoms with Gasteiger partial charge in [0.15, 0.2) is 7.14 Å². The zero-order valence-corrected chi connectivity index (χ0v) is 17.7. The van der Waals surface area contributed by atoms with Crippen molar-refractivity contribution in [1.29, 1.82) is 0 Å². The maximum atomic E-state index is 14.7. The van der Waals surface area contributed by atoms with Crippen LogP contribution < -0.4 is 21.2 Å². The summed E-state index contributed by atoms with van der Waals surface area (Å²) in [6.07, 6.45) is 0. The molecule has 0 unspecified atom stereocenters. The number of hydrogen-bond donors (Lipinski definition) is 2. The van der Waals surface area contributed by atoms with Crippen molar-refractivity contribution in [1.82, 2.24) is 5.32 Å². The van der Waals surface area contributed by atoms with Gasteiger partial charge in [0.2, 0.25) is 0 Å². The molecule has 0 aliphatic rings. The quantitative estimate of drug-likeness (QED) is 0.458. The molecule has 0 aliphatic heterocycles. The highest BCUT2D eigenvalue weighted by Gasteiger charge is 2.31. The number of para-hydroxylation sites is 1. The molecule has 4 nitrogen and oxygen atoms in total. The Hall–Kier alpha value is -3.62. The number of nitrogens with one attached hydrogen (secondary N) is 1. The van der Waals surface area contributed by atoms with Gasteiger partial charge in [0, 0.05) is 22.5 Å². The SMILES string of the molecule is O=C(NCc1ccccc1P(=O)(c1ccccc1)c1ccccc1)c1ccccc1O. The van der Waals surface area contributed by atoms with Crippen LogP contribution in [0.15, 0.2) is 109 Å². The average molecular weight is 427 g/mol. The van der Waals surface area contributed by atoms with E-state index in [1.54, 1.807) is 18.2 Å². The fraction of sp³-hybridized carbons (Fsp3) is 0.0385. The van der Waals surface area contributed by atoms with Gasteiger partial charge in [-0.2, -0.15) is 0 Å². The molecule has 4 rings (SSSR count). The molecular formula is C26H22NO3P. The van der Waals surface area contributed by atoms with Crippen LogP contribution in [0.4, 0.5) is 0 Å². The molecule has 0 aromatic heterocycles. The third-order valence-electron chi connectivity index (χ3n) is 5.16. The van der Waals surface area contributed by atoms with E-state index in [2.05, 4.69) is 5.32 Å². The summed E-state index contributed by atoms with van der Waals surface area (Å²) in [5, 5.41) is 15.0. The second-order valence-electron chi connectivity index (χ2n) is 7.11. The number of carbonyl (C=O) groups excluding carboxylic acids is 1. The average Bonchev–Trinajstić information content (AvgIpc) is 2.83. The fourth-order valence-electron chi connectivity index (χ4n) is 3.61. The molecule has 2 N–H and O–H groups in total. The van der Waals surface area contributed by atoms with Crippen LogP contribution in [-0.2, 0) is 11.1 Å². The van der Waals surface area contributed by atoms with Gasteiger partial charge in [-0.25, -0.2) is 0 Å². The normalized spacial score (nSPS) is 11.1. The van der Waals surface area contributed by atoms with Crippen molar-refractivity contribution in [2.75, 3.05) is 0 Å². The Morgan fingerprint density at radius 3 is 1.84 bits per heavy atom. The van der Waals surface area contributed by atoms with E-state index in [0.717, 1.165) is 16.2 Å². The van der Waals surface area contributed by atoms with Crippen LogP contribution in [0.3, 0.4) is 0 Å². The largest absolute Gasteiger partial charge is 0.507 e. The molecule has 0 spiro atoms. The van der Waals surface area contributed by atoms with Crippen LogP contribution in [0.2, 0.25) is 0 Å². The first-order chi connectivity index (χ1) is 15.1. The lowest BCUT2D eigenvalue weighted by molar-refractivity contribution is 0.0948. The van der Waals surface area contributed by atoms with Gasteiger partial charge >= 0.3 is 0 Å². The minimum Gasteiger partial charge on any atom is -0.507 e. The lowest BCUT2D eigenvalue weighted by atomic mass is 10.1. The van der Waals surface area contributed by atoms with Crippen molar-refractivity contribution in [3.8, 4) is 5.75 Å². The standard InChI is InChI=1S/C26H22NO3P/c28-24-17-9-8-16-23(24)26(29)27-19-20-11-7-10-18-25(20)31(30,21-12-3-1-4-13-21)22-14-5-2-6-15-22/h1-18,28H,19H2,(H,27,29). The Morgan fingerprint density at radius 2 is 1.23 bits per heavy atom. The minimum atomic E-state index is -3.16. The second-order valence-corrected chi connectivity index (χ2v) is 9.84. The molecule has 154 valence electrons. The molecular weight excluding hydrogens is 405 g/mol. The van der Waals surface area contributed by atoms with E-state index in [4.69, 9.17) is 0 Å². The molecule has 0 heterocycles. The van der Waals surface area contributed by atoms with E-state index in [0.29, 0.717) is 5.30 Å². The summed E-state index contributed by atoms with van der Waals surface area (Å²) in [6, 6.07) is 32.7. The topological polar surface area (TPSA) is 66.4 Å². The summed E-state index contributed by atoms with van der Waals surface area (Å²) < 4.78 is 14.7. The highest BCUT2D eigenvalue weighted by Crippen LogP contribution is 2.43. The number of carbonyl (C=O) groups is 1. The van der Waals surface area contributed by atoms with E-state index < -0.39 is 7.14 Å². The van der Waals surface area contributed by atoms with Crippen LogP contribution in [0.1, 0.15) is 15.9 Å². The van der Waals surface area contributed by atoms with Crippen molar-refractivity contribution >= 4 is 29.0 Å². The van der Waals surface area contributed by atoms with E-state index in [9.17, 15) is 14.5 Å². The lowest BCUT2D eigenvalue weighted by Gasteiger charge is -2.23. The molecule has 0 saturated heterocycles. The highest BCUT2D eigenvalue weighted by atomic mass is 31.2. The van der Waals surface area contributed by atoms with Crippen LogP contribution in [-0.4, -0.2) is 11.0 Å². The highest BCUT2D eigenvalue weighted by molar-refractivity contribution is 7.85. The minimum absolute atomic E-state index is 0.0764. The predicted octanol–water partition coefficient (Wildman–Crippen LogP) is 3.96. The number of hydrogen-bond acceptors (Lipinski definition) is 3. The Morgan fingerprint density at radius 1 is 0.710 bits per heavy atom. The van der Waals surface area contributed by atoms with Crippen molar-refractivity contribution in [2.45, 2.75) is 6.54 Å². The molecule has 4 aromatic carbocycles. The molecule has 1 amide bonds. The molecule has 0 fully saturated rings. The van der Waals surface area contributed by atoms with E-state index in [1.165, 1.54) is 6.07 Å². The first-order valence-electron chi connectivity index (χ1n) is 9.96. The molecule has 31 heavy (non-hydrogen) atoms. The first kappa shape index (κ1) is 20.6. The number of benzene rings is 4. The van der Waals surface area contributed by atoms with Gasteiger partial charge in [-0.1, -0.05) is 97.1 Å². The maximum absolute atomic E-state index is 14.7. The van der Waals surface area contributed by atoms with Gasteiger partial charge in [-0.3, -0.25) is 4.79 Å². The van der Waals surface area contributed by atoms with Crippen molar-refractivity contribution in [3.63, 3.8) is 0 Å². The Bertz CT molecular complexity index is 1200. The van der Waals surface area contributed by atoms with Crippen LogP contribution in [0.25, 0.3) is 0 Å². The van der Waals surface area contributed by atoms with E-state index in [-0.39, 0.29) is 23.8 Å². The molecule has 5 heteroatoms. The Balaban J connectivity index is 1.74. The van der Waals surface area contributed by atoms with Gasteiger partial charge in [-0.15, -0.1) is 0 Å². The summed E-state index contributed by atoms with van der Waals surface area (Å²) in [6.45, 7) is 0.187. The zero-order valence-electron chi connectivity index (χ0n) is 16.8. The number of aromatic hydroxyl groups is 1. The number of phenols is 1. The summed E-state index contributed by atoms with van der Waals surface area (Å²) in [7, 11) is -3.16. The monoisotopic (exact) mass is 427 g/mol. The van der Waals surface area contributed by atoms with Crippen molar-refractivity contribution < 1.29 is 14.5 Å². The summed E-state index contributed by atoms with van der Waals surface area (Å²) in [5.41, 5.74) is 0.969. The maximum Gasteiger partial charge on any atom is 0.255 e. The van der Waals surface area contributed by atoms with Crippen LogP contribution in [0.5, 0.6) is 5.75 Å². The van der Waals surface area contributed by atoms with Gasteiger partial charge in [0.1, 0.15) is 5.75 Å². The Kier molecular flexibility index (Phi) is 6.01. The number of rotatable bonds is 6. The molecule has 0 atom stereocenters. The third kappa shape index (κ3) is 4.16. The predicted molar refractivity (Wildman–Crippen MR) is 125 cm³/mol. The lowest BCUT2D eigenvalue weighted by Crippen LogP contribution is -2.31. The molecule has 0 saturated carbocycles. The van der Waals surface area contributed by atoms with E-state index >= 15 is 0 Å². The summed E-state index contributed by atoms with van der Waals surface area (Å²) in [4.78, 5) is 12.6. The zero-order chi connectivity index (χ0) is 21.7. The summed E-state index contributed by atoms with van der Waals surface area (Å²) in [5.74, 6) is -0.463. The van der Waals surface area contributed by atoms with Gasteiger partial charge in [-0.05, 0) is 17.7 Å². The first-order valence-corrected chi connectivity index (χ1v) is 11.7. The third-order valence-corrected chi connectivity index (χ3v) is 8.32. The van der Waals surface area contributed by atoms with Crippen molar-refractivity contribution in [2.24, 2.45) is 0 Å². The van der Waals surface area contributed by atoms with Crippen LogP contribution in [0, 0.1) is 0 Å². The Labute approximate surface area is 181 Å². The fourth-order valence-corrected chi connectivity index (χ4v) is 6.50. The number of amides is 1. The van der Waals surface area contributed by atoms with Gasteiger partial charge in [0.25, 0.3) is 5.91 Å². The molecule has 0 radical (unpaired) electrons. The van der Waals surface area contributed by atoms with Crippen molar-refractivity contribution in [3.05, 3.63) is 120 Å². The molecule has 0 bridgehead atoms. The second kappa shape index (κ2) is 9.03. The van der Waals surface area contributed by atoms with Crippen LogP contribution >= 0.6 is 7.14 Å². The van der Waals surface area contributed by atoms with Gasteiger partial charge in [0.05, 0.1) is 5.56 Å². The molecule has 0 aliphatic carbocycles. The smallest absolute Gasteiger partial charge is 0.255 e. The summed E-state index contributed by atoms with van der Waals surface area (Å²) >= 11 is 0. The van der Waals surface area contributed by atoms with E-state index in [1.807, 2.05) is 84.9 Å². The number of phenolic OH excluding ortho intramolecular Hbond substituents is 1. The molecule has 4 aromatic rings. The van der Waals surface area contributed by atoms with Gasteiger partial charge < -0.3 is 15.0 Å².